The number of nitrogens with zero attached hydrogens (tertiary/aromatic N) is 3. The van der Waals surface area contributed by atoms with Crippen LogP contribution in [0.15, 0.2) is 23.2 Å². The fraction of sp³-hybridized carbons (Fsp3) is 0.438. The first-order valence-electron chi connectivity index (χ1n) is 6.86. The molecule has 1 aromatic rings. The predicted octanol–water partition coefficient (Wildman–Crippen LogP) is 3.75. The highest BCUT2D eigenvalue weighted by Gasteiger charge is 2.27. The molecule has 21 heavy (non-hydrogen) atoms. The summed E-state index contributed by atoms with van der Waals surface area (Å²) in [6.45, 7) is 6.60. The molecule has 2 rings (SSSR count). The van der Waals surface area contributed by atoms with Crippen LogP contribution in [0.1, 0.15) is 38.3 Å². The van der Waals surface area contributed by atoms with Gasteiger partial charge in [-0.3, -0.25) is 4.99 Å². The Bertz CT molecular complexity index is 644. The summed E-state index contributed by atoms with van der Waals surface area (Å²) in [6, 6.07) is 9.54. The van der Waals surface area contributed by atoms with E-state index in [9.17, 15) is 0 Å². The molecule has 0 amide bonds. The van der Waals surface area contributed by atoms with E-state index >= 15 is 0 Å². The molecule has 1 atom stereocenters. The Labute approximate surface area is 129 Å². The minimum Gasteiger partial charge on any atom is -0.335 e. The SMILES string of the molecule is CC(C)(C)C1CCSC(Nc2ccc(C#N)c(C#N)c2)=N1. The van der Waals surface area contributed by atoms with Gasteiger partial charge in [-0.2, -0.15) is 10.5 Å². The molecule has 0 aromatic heterocycles. The molecule has 0 saturated heterocycles. The van der Waals surface area contributed by atoms with Crippen molar-refractivity contribution in [3.63, 3.8) is 0 Å². The summed E-state index contributed by atoms with van der Waals surface area (Å²) < 4.78 is 0. The molecule has 0 radical (unpaired) electrons. The standard InChI is InChI=1S/C16H18N4S/c1-16(2,3)14-6-7-21-15(20-14)19-13-5-4-11(9-17)12(8-13)10-18/h4-5,8,14H,6-7H2,1-3H3,(H,19,20). The highest BCUT2D eigenvalue weighted by Crippen LogP contribution is 2.31. The molecule has 4 nitrogen and oxygen atoms in total. The first-order chi connectivity index (χ1) is 9.94. The Morgan fingerprint density at radius 2 is 1.95 bits per heavy atom. The molecule has 0 saturated carbocycles. The van der Waals surface area contributed by atoms with Crippen LogP contribution in [0.2, 0.25) is 0 Å². The monoisotopic (exact) mass is 298 g/mol. The summed E-state index contributed by atoms with van der Waals surface area (Å²) in [7, 11) is 0. The molecular weight excluding hydrogens is 280 g/mol. The molecule has 1 unspecified atom stereocenters. The van der Waals surface area contributed by atoms with Gasteiger partial charge in [-0.15, -0.1) is 0 Å². The minimum absolute atomic E-state index is 0.149. The Hall–Kier alpha value is -1.98. The van der Waals surface area contributed by atoms with E-state index < -0.39 is 0 Å². The Balaban J connectivity index is 2.21. The van der Waals surface area contributed by atoms with Crippen molar-refractivity contribution in [1.82, 2.24) is 0 Å². The highest BCUT2D eigenvalue weighted by molar-refractivity contribution is 8.14. The van der Waals surface area contributed by atoms with Crippen molar-refractivity contribution in [1.29, 1.82) is 10.5 Å². The van der Waals surface area contributed by atoms with Gasteiger partial charge in [0.2, 0.25) is 0 Å². The normalized spacial score (nSPS) is 18.3. The molecule has 0 fully saturated rings. The molecule has 1 aliphatic rings. The number of nitriles is 2. The van der Waals surface area contributed by atoms with Crippen LogP contribution >= 0.6 is 11.8 Å². The maximum atomic E-state index is 9.06. The number of hydrogen-bond acceptors (Lipinski definition) is 5. The number of aliphatic imine (C=N–C) groups is 1. The molecule has 5 heteroatoms. The quantitative estimate of drug-likeness (QED) is 0.857. The van der Waals surface area contributed by atoms with E-state index in [1.54, 1.807) is 23.9 Å². The second kappa shape index (κ2) is 6.20. The minimum atomic E-state index is 0.149. The zero-order chi connectivity index (χ0) is 15.5. The highest BCUT2D eigenvalue weighted by atomic mass is 32.2. The van der Waals surface area contributed by atoms with E-state index in [4.69, 9.17) is 15.5 Å². The number of benzene rings is 1. The Kier molecular flexibility index (Phi) is 4.55. The van der Waals surface area contributed by atoms with E-state index in [1.807, 2.05) is 18.2 Å². The summed E-state index contributed by atoms with van der Waals surface area (Å²) in [5.74, 6) is 1.04. The topological polar surface area (TPSA) is 72.0 Å². The second-order valence-electron chi connectivity index (χ2n) is 6.06. The summed E-state index contributed by atoms with van der Waals surface area (Å²) in [6.07, 6.45) is 1.08. The molecule has 1 heterocycles. The zero-order valence-corrected chi connectivity index (χ0v) is 13.3. The summed E-state index contributed by atoms with van der Waals surface area (Å²) in [5, 5.41) is 22.1. The van der Waals surface area contributed by atoms with Crippen LogP contribution in [0.3, 0.4) is 0 Å². The van der Waals surface area contributed by atoms with Gasteiger partial charge >= 0.3 is 0 Å². The van der Waals surface area contributed by atoms with Crippen LogP contribution in [0.25, 0.3) is 0 Å². The summed E-state index contributed by atoms with van der Waals surface area (Å²) >= 11 is 1.69. The van der Waals surface area contributed by atoms with Crippen molar-refractivity contribution < 1.29 is 0 Å². The largest absolute Gasteiger partial charge is 0.335 e. The fourth-order valence-corrected chi connectivity index (χ4v) is 3.07. The lowest BCUT2D eigenvalue weighted by molar-refractivity contribution is 0.316. The number of anilines is 1. The van der Waals surface area contributed by atoms with Crippen molar-refractivity contribution in [3.05, 3.63) is 29.3 Å². The van der Waals surface area contributed by atoms with E-state index in [0.717, 1.165) is 23.0 Å². The number of nitrogens with one attached hydrogen (secondary N) is 1. The van der Waals surface area contributed by atoms with Gasteiger partial charge in [0.25, 0.3) is 0 Å². The number of rotatable bonds is 1. The first-order valence-corrected chi connectivity index (χ1v) is 7.84. The van der Waals surface area contributed by atoms with E-state index in [-0.39, 0.29) is 5.41 Å². The smallest absolute Gasteiger partial charge is 0.161 e. The molecule has 108 valence electrons. The van der Waals surface area contributed by atoms with E-state index in [2.05, 4.69) is 26.1 Å². The fourth-order valence-electron chi connectivity index (χ4n) is 2.14. The van der Waals surface area contributed by atoms with Gasteiger partial charge in [-0.25, -0.2) is 0 Å². The zero-order valence-electron chi connectivity index (χ0n) is 12.5. The van der Waals surface area contributed by atoms with Crippen molar-refractivity contribution in [2.45, 2.75) is 33.2 Å². The third-order valence-electron chi connectivity index (χ3n) is 3.41. The molecule has 1 aromatic carbocycles. The average molecular weight is 298 g/mol. The molecule has 0 bridgehead atoms. The van der Waals surface area contributed by atoms with Gasteiger partial charge in [0.05, 0.1) is 17.2 Å². The lowest BCUT2D eigenvalue weighted by atomic mass is 9.85. The number of thioether (sulfide) groups is 1. The van der Waals surface area contributed by atoms with Crippen molar-refractivity contribution in [2.24, 2.45) is 10.4 Å². The van der Waals surface area contributed by atoms with Crippen molar-refractivity contribution in [3.8, 4) is 12.1 Å². The average Bonchev–Trinajstić information content (AvgIpc) is 2.46. The third-order valence-corrected chi connectivity index (χ3v) is 4.34. The molecule has 1 aliphatic heterocycles. The van der Waals surface area contributed by atoms with Crippen LogP contribution in [0, 0.1) is 28.1 Å². The summed E-state index contributed by atoms with van der Waals surface area (Å²) in [5.41, 5.74) is 1.73. The van der Waals surface area contributed by atoms with Crippen LogP contribution < -0.4 is 5.32 Å². The van der Waals surface area contributed by atoms with E-state index in [1.165, 1.54) is 0 Å². The van der Waals surface area contributed by atoms with Crippen LogP contribution in [0.5, 0.6) is 0 Å². The first kappa shape index (κ1) is 15.4. The number of hydrogen-bond donors (Lipinski definition) is 1. The van der Waals surface area contributed by atoms with Gasteiger partial charge in [-0.1, -0.05) is 32.5 Å². The molecule has 0 spiro atoms. The van der Waals surface area contributed by atoms with Gasteiger partial charge in [0, 0.05) is 11.4 Å². The lowest BCUT2D eigenvalue weighted by Gasteiger charge is -2.31. The maximum Gasteiger partial charge on any atom is 0.161 e. The van der Waals surface area contributed by atoms with Crippen LogP contribution in [-0.4, -0.2) is 17.0 Å². The molecule has 1 N–H and O–H groups in total. The molecule has 0 aliphatic carbocycles. The lowest BCUT2D eigenvalue weighted by Crippen LogP contribution is -2.30. The van der Waals surface area contributed by atoms with Crippen LogP contribution in [-0.2, 0) is 0 Å². The Morgan fingerprint density at radius 3 is 2.57 bits per heavy atom. The maximum absolute atomic E-state index is 9.06. The molecular formula is C16H18N4S. The van der Waals surface area contributed by atoms with E-state index in [0.29, 0.717) is 17.2 Å². The third kappa shape index (κ3) is 3.77. The number of amidine groups is 1. The van der Waals surface area contributed by atoms with Crippen molar-refractivity contribution in [2.75, 3.05) is 11.1 Å². The summed E-state index contributed by atoms with van der Waals surface area (Å²) in [4.78, 5) is 4.77. The second-order valence-corrected chi connectivity index (χ2v) is 7.15. The van der Waals surface area contributed by atoms with Gasteiger partial charge in [-0.05, 0) is 30.0 Å². The van der Waals surface area contributed by atoms with Gasteiger partial charge in [0.1, 0.15) is 12.1 Å². The predicted molar refractivity (Wildman–Crippen MR) is 87.2 cm³/mol. The van der Waals surface area contributed by atoms with Crippen molar-refractivity contribution >= 4 is 22.6 Å². The van der Waals surface area contributed by atoms with Gasteiger partial charge < -0.3 is 5.32 Å². The van der Waals surface area contributed by atoms with Gasteiger partial charge in [0.15, 0.2) is 5.17 Å². The Morgan fingerprint density at radius 1 is 1.24 bits per heavy atom. The van der Waals surface area contributed by atoms with Crippen LogP contribution in [0.4, 0.5) is 5.69 Å².